The maximum Gasteiger partial charge on any atom is 0.175 e. The van der Waals surface area contributed by atoms with E-state index in [4.69, 9.17) is 0 Å². The predicted octanol–water partition coefficient (Wildman–Crippen LogP) is 2.90. The van der Waals surface area contributed by atoms with Gasteiger partial charge in [-0.05, 0) is 18.4 Å². The summed E-state index contributed by atoms with van der Waals surface area (Å²) in [6.45, 7) is 2.13. The van der Waals surface area contributed by atoms with Crippen LogP contribution in [0.1, 0.15) is 41.4 Å². The van der Waals surface area contributed by atoms with Crippen molar-refractivity contribution in [2.75, 3.05) is 0 Å². The van der Waals surface area contributed by atoms with Crippen LogP contribution in [0.3, 0.4) is 0 Å². The zero-order chi connectivity index (χ0) is 13.5. The summed E-state index contributed by atoms with van der Waals surface area (Å²) in [5, 5.41) is 0. The van der Waals surface area contributed by atoms with Gasteiger partial charge in [0.2, 0.25) is 0 Å². The molecule has 2 aromatic rings. The molecule has 0 N–H and O–H groups in total. The van der Waals surface area contributed by atoms with E-state index in [1.54, 1.807) is 6.33 Å². The molecule has 1 unspecified atom stereocenters. The van der Waals surface area contributed by atoms with Crippen molar-refractivity contribution in [2.24, 2.45) is 7.05 Å². The van der Waals surface area contributed by atoms with Crippen LogP contribution in [-0.2, 0) is 18.9 Å². The molecular formula is C16H18N2O. The SMILES string of the molecule is CCCC1(c2cn(C)cn2)Cc2ccccc2C1=O. The minimum Gasteiger partial charge on any atom is -0.340 e. The fraction of sp³-hybridized carbons (Fsp3) is 0.375. The Morgan fingerprint density at radius 3 is 2.79 bits per heavy atom. The van der Waals surface area contributed by atoms with Gasteiger partial charge in [0.05, 0.1) is 17.4 Å². The molecule has 1 atom stereocenters. The Labute approximate surface area is 113 Å². The summed E-state index contributed by atoms with van der Waals surface area (Å²) in [6, 6.07) is 7.95. The second-order valence-corrected chi connectivity index (χ2v) is 5.42. The highest BCUT2D eigenvalue weighted by molar-refractivity contribution is 6.08. The Morgan fingerprint density at radius 1 is 1.37 bits per heavy atom. The lowest BCUT2D eigenvalue weighted by Crippen LogP contribution is -2.33. The van der Waals surface area contributed by atoms with Crippen LogP contribution < -0.4 is 0 Å². The molecule has 98 valence electrons. The number of benzene rings is 1. The molecular weight excluding hydrogens is 236 g/mol. The van der Waals surface area contributed by atoms with E-state index in [0.717, 1.165) is 36.1 Å². The highest BCUT2D eigenvalue weighted by Gasteiger charge is 2.47. The number of rotatable bonds is 3. The maximum atomic E-state index is 12.9. The molecule has 19 heavy (non-hydrogen) atoms. The number of Topliss-reactive ketones (excluding diaryl/α,β-unsaturated/α-hetero) is 1. The molecule has 3 heteroatoms. The van der Waals surface area contributed by atoms with Crippen molar-refractivity contribution < 1.29 is 4.79 Å². The Hall–Kier alpha value is -1.90. The number of aryl methyl sites for hydroxylation is 1. The zero-order valence-electron chi connectivity index (χ0n) is 11.4. The molecule has 1 aliphatic carbocycles. The molecule has 0 spiro atoms. The molecule has 1 heterocycles. The van der Waals surface area contributed by atoms with Gasteiger partial charge >= 0.3 is 0 Å². The zero-order valence-corrected chi connectivity index (χ0v) is 11.4. The van der Waals surface area contributed by atoms with Crippen LogP contribution in [0.4, 0.5) is 0 Å². The second-order valence-electron chi connectivity index (χ2n) is 5.42. The molecule has 0 bridgehead atoms. The third-order valence-corrected chi connectivity index (χ3v) is 4.06. The summed E-state index contributed by atoms with van der Waals surface area (Å²) in [7, 11) is 1.95. The van der Waals surface area contributed by atoms with Crippen molar-refractivity contribution in [3.63, 3.8) is 0 Å². The summed E-state index contributed by atoms with van der Waals surface area (Å²) in [5.41, 5.74) is 2.51. The van der Waals surface area contributed by atoms with Gasteiger partial charge in [0.25, 0.3) is 0 Å². The normalized spacial score (nSPS) is 21.7. The smallest absolute Gasteiger partial charge is 0.175 e. The molecule has 0 saturated heterocycles. The van der Waals surface area contributed by atoms with Crippen molar-refractivity contribution in [2.45, 2.75) is 31.6 Å². The van der Waals surface area contributed by atoms with Crippen LogP contribution in [0, 0.1) is 0 Å². The van der Waals surface area contributed by atoms with Gasteiger partial charge in [-0.1, -0.05) is 37.6 Å². The molecule has 1 aromatic heterocycles. The van der Waals surface area contributed by atoms with E-state index in [2.05, 4.69) is 18.0 Å². The van der Waals surface area contributed by atoms with Gasteiger partial charge < -0.3 is 4.57 Å². The third kappa shape index (κ3) is 1.72. The highest BCUT2D eigenvalue weighted by atomic mass is 16.1. The van der Waals surface area contributed by atoms with Crippen LogP contribution in [-0.4, -0.2) is 15.3 Å². The monoisotopic (exact) mass is 254 g/mol. The number of carbonyl (C=O) groups is 1. The van der Waals surface area contributed by atoms with Gasteiger partial charge in [-0.3, -0.25) is 4.79 Å². The molecule has 1 aliphatic rings. The van der Waals surface area contributed by atoms with Gasteiger partial charge in [-0.2, -0.15) is 0 Å². The van der Waals surface area contributed by atoms with Crippen LogP contribution in [0.2, 0.25) is 0 Å². The summed E-state index contributed by atoms with van der Waals surface area (Å²) < 4.78 is 1.92. The standard InChI is InChI=1S/C16H18N2O/c1-3-8-16(14-10-18(2)11-17-14)9-12-6-4-5-7-13(12)15(16)19/h4-7,10-11H,3,8-9H2,1-2H3. The predicted molar refractivity (Wildman–Crippen MR) is 74.3 cm³/mol. The number of carbonyl (C=O) groups excluding carboxylic acids is 1. The topological polar surface area (TPSA) is 34.9 Å². The Morgan fingerprint density at radius 2 is 2.16 bits per heavy atom. The van der Waals surface area contributed by atoms with Gasteiger partial charge in [-0.25, -0.2) is 4.98 Å². The number of hydrogen-bond acceptors (Lipinski definition) is 2. The van der Waals surface area contributed by atoms with Gasteiger partial charge in [0.15, 0.2) is 5.78 Å². The van der Waals surface area contributed by atoms with Crippen LogP contribution in [0.15, 0.2) is 36.8 Å². The number of hydrogen-bond donors (Lipinski definition) is 0. The molecule has 0 saturated carbocycles. The number of imidazole rings is 1. The van der Waals surface area contributed by atoms with Crippen LogP contribution in [0.25, 0.3) is 0 Å². The summed E-state index contributed by atoms with van der Waals surface area (Å²) in [4.78, 5) is 17.3. The molecule has 0 amide bonds. The van der Waals surface area contributed by atoms with Crippen LogP contribution in [0.5, 0.6) is 0 Å². The molecule has 0 aliphatic heterocycles. The van der Waals surface area contributed by atoms with E-state index in [0.29, 0.717) is 0 Å². The van der Waals surface area contributed by atoms with E-state index < -0.39 is 5.41 Å². The fourth-order valence-electron chi connectivity index (χ4n) is 3.18. The lowest BCUT2D eigenvalue weighted by atomic mass is 9.77. The van der Waals surface area contributed by atoms with Crippen LogP contribution >= 0.6 is 0 Å². The first kappa shape index (κ1) is 12.2. The number of fused-ring (bicyclic) bond motifs is 1. The van der Waals surface area contributed by atoms with Crippen molar-refractivity contribution in [3.05, 3.63) is 53.6 Å². The van der Waals surface area contributed by atoms with Crippen molar-refractivity contribution in [1.29, 1.82) is 0 Å². The Balaban J connectivity index is 2.12. The van der Waals surface area contributed by atoms with Crippen molar-refractivity contribution in [1.82, 2.24) is 9.55 Å². The number of ketones is 1. The first-order chi connectivity index (χ1) is 9.17. The lowest BCUT2D eigenvalue weighted by Gasteiger charge is -2.24. The van der Waals surface area contributed by atoms with Gasteiger partial charge in [-0.15, -0.1) is 0 Å². The third-order valence-electron chi connectivity index (χ3n) is 4.06. The number of nitrogens with zero attached hydrogens (tertiary/aromatic N) is 2. The second kappa shape index (κ2) is 4.34. The van der Waals surface area contributed by atoms with Gasteiger partial charge in [0, 0.05) is 18.8 Å². The molecule has 0 radical (unpaired) electrons. The summed E-state index contributed by atoms with van der Waals surface area (Å²) in [6.07, 6.45) is 6.39. The molecule has 1 aromatic carbocycles. The van der Waals surface area contributed by atoms with E-state index in [9.17, 15) is 4.79 Å². The maximum absolute atomic E-state index is 12.9. The van der Waals surface area contributed by atoms with E-state index in [1.165, 1.54) is 0 Å². The van der Waals surface area contributed by atoms with E-state index in [1.807, 2.05) is 36.0 Å². The highest BCUT2D eigenvalue weighted by Crippen LogP contribution is 2.42. The molecule has 3 rings (SSSR count). The Bertz CT molecular complexity index is 629. The summed E-state index contributed by atoms with van der Waals surface area (Å²) >= 11 is 0. The average molecular weight is 254 g/mol. The number of aromatic nitrogens is 2. The van der Waals surface area contributed by atoms with Gasteiger partial charge in [0.1, 0.15) is 0 Å². The fourth-order valence-corrected chi connectivity index (χ4v) is 3.18. The lowest BCUT2D eigenvalue weighted by molar-refractivity contribution is 0.0890. The van der Waals surface area contributed by atoms with E-state index in [-0.39, 0.29) is 5.78 Å². The molecule has 3 nitrogen and oxygen atoms in total. The molecule has 0 fully saturated rings. The van der Waals surface area contributed by atoms with E-state index >= 15 is 0 Å². The Kier molecular flexibility index (Phi) is 2.77. The van der Waals surface area contributed by atoms with Crippen molar-refractivity contribution in [3.8, 4) is 0 Å². The first-order valence-electron chi connectivity index (χ1n) is 6.78. The van der Waals surface area contributed by atoms with Crippen molar-refractivity contribution >= 4 is 5.78 Å². The largest absolute Gasteiger partial charge is 0.340 e. The summed E-state index contributed by atoms with van der Waals surface area (Å²) in [5.74, 6) is 0.239. The first-order valence-corrected chi connectivity index (χ1v) is 6.78. The minimum absolute atomic E-state index is 0.239. The average Bonchev–Trinajstić information content (AvgIpc) is 2.95. The quantitative estimate of drug-likeness (QED) is 0.844. The minimum atomic E-state index is -0.445.